The van der Waals surface area contributed by atoms with Crippen molar-refractivity contribution in [3.05, 3.63) is 59.9 Å². The number of aliphatic hydroxyl groups excluding tert-OH is 1. The van der Waals surface area contributed by atoms with Crippen molar-refractivity contribution in [2.24, 2.45) is 0 Å². The SMILES string of the molecule is COc1cncc(C(O)Cc2ccccc2)c1. The predicted octanol–water partition coefficient (Wildman–Crippen LogP) is 2.37. The number of rotatable bonds is 4. The molecule has 0 aliphatic carbocycles. The third-order valence-corrected chi connectivity index (χ3v) is 2.63. The first-order chi connectivity index (χ1) is 8.29. The summed E-state index contributed by atoms with van der Waals surface area (Å²) in [5.41, 5.74) is 1.87. The summed E-state index contributed by atoms with van der Waals surface area (Å²) in [5.74, 6) is 0.662. The van der Waals surface area contributed by atoms with Gasteiger partial charge in [-0.15, -0.1) is 0 Å². The number of aromatic nitrogens is 1. The van der Waals surface area contributed by atoms with Crippen LogP contribution in [0.25, 0.3) is 0 Å². The highest BCUT2D eigenvalue weighted by Gasteiger charge is 2.09. The molecule has 2 rings (SSSR count). The first-order valence-corrected chi connectivity index (χ1v) is 5.50. The van der Waals surface area contributed by atoms with Crippen LogP contribution in [0, 0.1) is 0 Å². The molecule has 0 aliphatic heterocycles. The zero-order valence-electron chi connectivity index (χ0n) is 9.71. The lowest BCUT2D eigenvalue weighted by Crippen LogP contribution is -2.02. The standard InChI is InChI=1S/C14H15NO2/c1-17-13-8-12(9-15-10-13)14(16)7-11-5-3-2-4-6-11/h2-6,8-10,14,16H,7H2,1H3. The van der Waals surface area contributed by atoms with Crippen LogP contribution in [0.2, 0.25) is 0 Å². The summed E-state index contributed by atoms with van der Waals surface area (Å²) in [6.45, 7) is 0. The third kappa shape index (κ3) is 3.04. The van der Waals surface area contributed by atoms with Gasteiger partial charge in [0.05, 0.1) is 19.4 Å². The van der Waals surface area contributed by atoms with Crippen LogP contribution in [0.1, 0.15) is 17.2 Å². The molecule has 1 aromatic heterocycles. The molecule has 0 saturated carbocycles. The van der Waals surface area contributed by atoms with Crippen molar-refractivity contribution in [2.45, 2.75) is 12.5 Å². The van der Waals surface area contributed by atoms with Crippen LogP contribution < -0.4 is 4.74 Å². The van der Waals surface area contributed by atoms with Crippen LogP contribution in [0.15, 0.2) is 48.8 Å². The lowest BCUT2D eigenvalue weighted by molar-refractivity contribution is 0.177. The van der Waals surface area contributed by atoms with Crippen molar-refractivity contribution >= 4 is 0 Å². The second kappa shape index (κ2) is 5.46. The van der Waals surface area contributed by atoms with Gasteiger partial charge in [0.25, 0.3) is 0 Å². The number of pyridine rings is 1. The molecule has 1 atom stereocenters. The van der Waals surface area contributed by atoms with Gasteiger partial charge in [-0.3, -0.25) is 4.98 Å². The molecule has 17 heavy (non-hydrogen) atoms. The first kappa shape index (κ1) is 11.6. The van der Waals surface area contributed by atoms with E-state index in [0.29, 0.717) is 12.2 Å². The van der Waals surface area contributed by atoms with Crippen LogP contribution >= 0.6 is 0 Å². The molecule has 0 bridgehead atoms. The van der Waals surface area contributed by atoms with E-state index in [2.05, 4.69) is 4.98 Å². The van der Waals surface area contributed by atoms with E-state index in [1.54, 1.807) is 25.6 Å². The van der Waals surface area contributed by atoms with Crippen molar-refractivity contribution in [3.8, 4) is 5.75 Å². The van der Waals surface area contributed by atoms with Gasteiger partial charge >= 0.3 is 0 Å². The molecule has 0 radical (unpaired) electrons. The molecule has 3 heteroatoms. The number of ether oxygens (including phenoxy) is 1. The Hall–Kier alpha value is -1.87. The summed E-state index contributed by atoms with van der Waals surface area (Å²) in [5, 5.41) is 10.1. The second-order valence-corrected chi connectivity index (χ2v) is 3.86. The maximum absolute atomic E-state index is 10.1. The minimum absolute atomic E-state index is 0.556. The van der Waals surface area contributed by atoms with Gasteiger partial charge in [-0.2, -0.15) is 0 Å². The highest BCUT2D eigenvalue weighted by atomic mass is 16.5. The Morgan fingerprint density at radius 3 is 2.71 bits per heavy atom. The maximum Gasteiger partial charge on any atom is 0.137 e. The van der Waals surface area contributed by atoms with Crippen LogP contribution in [0.4, 0.5) is 0 Å². The van der Waals surface area contributed by atoms with Crippen molar-refractivity contribution < 1.29 is 9.84 Å². The zero-order chi connectivity index (χ0) is 12.1. The van der Waals surface area contributed by atoms with Gasteiger partial charge in [0.15, 0.2) is 0 Å². The van der Waals surface area contributed by atoms with E-state index < -0.39 is 6.10 Å². The van der Waals surface area contributed by atoms with Gasteiger partial charge in [-0.25, -0.2) is 0 Å². The average Bonchev–Trinajstić information content (AvgIpc) is 2.40. The Bertz CT molecular complexity index is 471. The van der Waals surface area contributed by atoms with Crippen molar-refractivity contribution in [3.63, 3.8) is 0 Å². The lowest BCUT2D eigenvalue weighted by atomic mass is 10.0. The molecule has 0 saturated heterocycles. The van der Waals surface area contributed by atoms with Crippen molar-refractivity contribution in [1.82, 2.24) is 4.98 Å². The van der Waals surface area contributed by atoms with E-state index in [-0.39, 0.29) is 0 Å². The smallest absolute Gasteiger partial charge is 0.137 e. The molecule has 2 aromatic rings. The monoisotopic (exact) mass is 229 g/mol. The highest BCUT2D eigenvalue weighted by molar-refractivity contribution is 5.26. The van der Waals surface area contributed by atoms with Gasteiger partial charge in [0, 0.05) is 18.2 Å². The van der Waals surface area contributed by atoms with Gasteiger partial charge < -0.3 is 9.84 Å². The van der Waals surface area contributed by atoms with Gasteiger partial charge in [0.1, 0.15) is 5.75 Å². The van der Waals surface area contributed by atoms with E-state index in [4.69, 9.17) is 4.74 Å². The number of aliphatic hydroxyl groups is 1. The van der Waals surface area contributed by atoms with Crippen LogP contribution in [-0.4, -0.2) is 17.2 Å². The molecule has 0 amide bonds. The van der Waals surface area contributed by atoms with E-state index >= 15 is 0 Å². The number of nitrogens with zero attached hydrogens (tertiary/aromatic N) is 1. The summed E-state index contributed by atoms with van der Waals surface area (Å²) in [7, 11) is 1.59. The fourth-order valence-corrected chi connectivity index (χ4v) is 1.68. The topological polar surface area (TPSA) is 42.4 Å². The Morgan fingerprint density at radius 2 is 2.00 bits per heavy atom. The molecule has 1 heterocycles. The van der Waals surface area contributed by atoms with E-state index in [1.807, 2.05) is 30.3 Å². The number of benzene rings is 1. The normalized spacial score (nSPS) is 12.1. The maximum atomic E-state index is 10.1. The quantitative estimate of drug-likeness (QED) is 0.875. The molecule has 0 spiro atoms. The fraction of sp³-hybridized carbons (Fsp3) is 0.214. The minimum Gasteiger partial charge on any atom is -0.495 e. The average molecular weight is 229 g/mol. The first-order valence-electron chi connectivity index (χ1n) is 5.50. The summed E-state index contributed by atoms with van der Waals surface area (Å²) < 4.78 is 5.08. The predicted molar refractivity (Wildman–Crippen MR) is 65.9 cm³/mol. The largest absolute Gasteiger partial charge is 0.495 e. The van der Waals surface area contributed by atoms with Crippen LogP contribution in [-0.2, 0) is 6.42 Å². The minimum atomic E-state index is -0.556. The summed E-state index contributed by atoms with van der Waals surface area (Å²) in [6, 6.07) is 11.7. The molecule has 1 N–H and O–H groups in total. The Balaban J connectivity index is 2.11. The molecule has 1 unspecified atom stereocenters. The number of hydrogen-bond donors (Lipinski definition) is 1. The lowest BCUT2D eigenvalue weighted by Gasteiger charge is -2.11. The van der Waals surface area contributed by atoms with Gasteiger partial charge in [-0.05, 0) is 11.6 Å². The van der Waals surface area contributed by atoms with Crippen LogP contribution in [0.3, 0.4) is 0 Å². The second-order valence-electron chi connectivity index (χ2n) is 3.86. The Morgan fingerprint density at radius 1 is 1.24 bits per heavy atom. The molecule has 1 aromatic carbocycles. The fourth-order valence-electron chi connectivity index (χ4n) is 1.68. The molecule has 88 valence electrons. The third-order valence-electron chi connectivity index (χ3n) is 2.63. The van der Waals surface area contributed by atoms with Crippen molar-refractivity contribution in [2.75, 3.05) is 7.11 Å². The summed E-state index contributed by atoms with van der Waals surface area (Å²) in [6.07, 6.45) is 3.31. The Kier molecular flexibility index (Phi) is 3.73. The van der Waals surface area contributed by atoms with E-state index in [0.717, 1.165) is 11.1 Å². The molecule has 0 aliphatic rings. The molecule has 0 fully saturated rings. The Labute approximate surface area is 101 Å². The highest BCUT2D eigenvalue weighted by Crippen LogP contribution is 2.20. The number of hydrogen-bond acceptors (Lipinski definition) is 3. The summed E-state index contributed by atoms with van der Waals surface area (Å²) in [4.78, 5) is 4.03. The van der Waals surface area contributed by atoms with E-state index in [9.17, 15) is 5.11 Å². The van der Waals surface area contributed by atoms with Crippen molar-refractivity contribution in [1.29, 1.82) is 0 Å². The summed E-state index contributed by atoms with van der Waals surface area (Å²) >= 11 is 0. The molecular formula is C14H15NO2. The molecule has 3 nitrogen and oxygen atoms in total. The van der Waals surface area contributed by atoms with Gasteiger partial charge in [0.2, 0.25) is 0 Å². The molecular weight excluding hydrogens is 214 g/mol. The number of methoxy groups -OCH3 is 1. The van der Waals surface area contributed by atoms with Crippen LogP contribution in [0.5, 0.6) is 5.75 Å². The van der Waals surface area contributed by atoms with E-state index in [1.165, 1.54) is 0 Å². The zero-order valence-corrected chi connectivity index (χ0v) is 9.71. The van der Waals surface area contributed by atoms with Gasteiger partial charge in [-0.1, -0.05) is 30.3 Å².